The molecule has 0 radical (unpaired) electrons. The second kappa shape index (κ2) is 5.46. The summed E-state index contributed by atoms with van der Waals surface area (Å²) in [6.07, 6.45) is 0. The highest BCUT2D eigenvalue weighted by Crippen LogP contribution is 2.24. The zero-order chi connectivity index (χ0) is 13.3. The summed E-state index contributed by atoms with van der Waals surface area (Å²) in [5.74, 6) is 0.0665. The molecule has 1 aromatic carbocycles. The van der Waals surface area contributed by atoms with Crippen LogP contribution in [0.4, 0.5) is 0 Å². The molecule has 1 aliphatic rings. The van der Waals surface area contributed by atoms with Crippen molar-refractivity contribution < 1.29 is 9.53 Å². The average Bonchev–Trinajstić information content (AvgIpc) is 2.30. The van der Waals surface area contributed by atoms with Crippen LogP contribution in [0.25, 0.3) is 0 Å². The van der Waals surface area contributed by atoms with Gasteiger partial charge >= 0.3 is 0 Å². The van der Waals surface area contributed by atoms with Crippen LogP contribution in [0.3, 0.4) is 0 Å². The van der Waals surface area contributed by atoms with Crippen molar-refractivity contribution in [1.82, 2.24) is 4.90 Å². The Morgan fingerprint density at radius 2 is 2.22 bits per heavy atom. The predicted octanol–water partition coefficient (Wildman–Crippen LogP) is 3.30. The van der Waals surface area contributed by atoms with E-state index in [2.05, 4.69) is 38.5 Å². The molecular formula is C13H15BrINO2. The molecule has 0 unspecified atom stereocenters. The lowest BCUT2D eigenvalue weighted by molar-refractivity contribution is -0.0764. The Balaban J connectivity index is 2.23. The van der Waals surface area contributed by atoms with Gasteiger partial charge in [-0.1, -0.05) is 0 Å². The van der Waals surface area contributed by atoms with Gasteiger partial charge in [0.1, 0.15) is 0 Å². The maximum atomic E-state index is 12.5. The number of nitrogens with zero attached hydrogens (tertiary/aromatic N) is 1. The SMILES string of the molecule is CC1(C)CN(C(=O)c2cc(I)ccc2Br)CCO1. The number of morpholine rings is 1. The van der Waals surface area contributed by atoms with Crippen molar-refractivity contribution in [3.63, 3.8) is 0 Å². The topological polar surface area (TPSA) is 29.5 Å². The van der Waals surface area contributed by atoms with Gasteiger partial charge in [0.2, 0.25) is 0 Å². The summed E-state index contributed by atoms with van der Waals surface area (Å²) in [7, 11) is 0. The molecule has 1 aromatic rings. The van der Waals surface area contributed by atoms with E-state index < -0.39 is 0 Å². The highest BCUT2D eigenvalue weighted by Gasteiger charge is 2.31. The van der Waals surface area contributed by atoms with Crippen molar-refractivity contribution in [1.29, 1.82) is 0 Å². The van der Waals surface area contributed by atoms with Gasteiger partial charge in [-0.2, -0.15) is 0 Å². The molecule has 2 rings (SSSR count). The summed E-state index contributed by atoms with van der Waals surface area (Å²) in [4.78, 5) is 14.4. The third kappa shape index (κ3) is 3.24. The monoisotopic (exact) mass is 423 g/mol. The fourth-order valence-corrected chi connectivity index (χ4v) is 2.93. The van der Waals surface area contributed by atoms with Crippen molar-refractivity contribution in [2.45, 2.75) is 19.4 Å². The normalized spacial score (nSPS) is 18.8. The lowest BCUT2D eigenvalue weighted by atomic mass is 10.1. The maximum Gasteiger partial charge on any atom is 0.255 e. The molecule has 1 saturated heterocycles. The Labute approximate surface area is 129 Å². The average molecular weight is 424 g/mol. The lowest BCUT2D eigenvalue weighted by Crippen LogP contribution is -2.50. The molecule has 1 amide bonds. The van der Waals surface area contributed by atoms with Crippen molar-refractivity contribution in [2.75, 3.05) is 19.7 Å². The van der Waals surface area contributed by atoms with Crippen LogP contribution in [-0.2, 0) is 4.74 Å². The minimum Gasteiger partial charge on any atom is -0.372 e. The molecule has 5 heteroatoms. The summed E-state index contributed by atoms with van der Waals surface area (Å²) in [5, 5.41) is 0. The number of carbonyl (C=O) groups is 1. The molecular weight excluding hydrogens is 409 g/mol. The quantitative estimate of drug-likeness (QED) is 0.648. The Hall–Kier alpha value is -0.140. The van der Waals surface area contributed by atoms with E-state index in [9.17, 15) is 4.79 Å². The fraction of sp³-hybridized carbons (Fsp3) is 0.462. The second-order valence-electron chi connectivity index (χ2n) is 4.96. The summed E-state index contributed by atoms with van der Waals surface area (Å²) < 4.78 is 7.53. The molecule has 0 aliphatic carbocycles. The van der Waals surface area contributed by atoms with Crippen molar-refractivity contribution >= 4 is 44.4 Å². The Morgan fingerprint density at radius 1 is 1.50 bits per heavy atom. The van der Waals surface area contributed by atoms with Crippen LogP contribution < -0.4 is 0 Å². The largest absolute Gasteiger partial charge is 0.372 e. The summed E-state index contributed by atoms with van der Waals surface area (Å²) in [5.41, 5.74) is 0.460. The van der Waals surface area contributed by atoms with Crippen LogP contribution in [-0.4, -0.2) is 36.1 Å². The van der Waals surface area contributed by atoms with E-state index >= 15 is 0 Å². The van der Waals surface area contributed by atoms with E-state index in [0.29, 0.717) is 19.7 Å². The first-order valence-electron chi connectivity index (χ1n) is 5.77. The molecule has 0 spiro atoms. The molecule has 0 atom stereocenters. The first kappa shape index (κ1) is 14.3. The van der Waals surface area contributed by atoms with Crippen LogP contribution in [0.15, 0.2) is 22.7 Å². The third-order valence-corrected chi connectivity index (χ3v) is 4.23. The molecule has 98 valence electrons. The van der Waals surface area contributed by atoms with Crippen LogP contribution in [0.5, 0.6) is 0 Å². The van der Waals surface area contributed by atoms with Crippen LogP contribution in [0, 0.1) is 3.57 Å². The maximum absolute atomic E-state index is 12.5. The lowest BCUT2D eigenvalue weighted by Gasteiger charge is -2.38. The van der Waals surface area contributed by atoms with E-state index in [0.717, 1.165) is 13.6 Å². The number of ether oxygens (including phenoxy) is 1. The van der Waals surface area contributed by atoms with Crippen LogP contribution in [0.2, 0.25) is 0 Å². The van der Waals surface area contributed by atoms with Gasteiger partial charge in [0, 0.05) is 21.1 Å². The molecule has 0 bridgehead atoms. The smallest absolute Gasteiger partial charge is 0.255 e. The van der Waals surface area contributed by atoms with Crippen molar-refractivity contribution in [2.24, 2.45) is 0 Å². The number of hydrogen-bond donors (Lipinski definition) is 0. The molecule has 18 heavy (non-hydrogen) atoms. The highest BCUT2D eigenvalue weighted by atomic mass is 127. The Kier molecular flexibility index (Phi) is 4.33. The number of carbonyl (C=O) groups excluding carboxylic acids is 1. The number of amides is 1. The summed E-state index contributed by atoms with van der Waals surface area (Å²) >= 11 is 5.66. The van der Waals surface area contributed by atoms with Crippen LogP contribution in [0.1, 0.15) is 24.2 Å². The van der Waals surface area contributed by atoms with Gasteiger partial charge in [-0.15, -0.1) is 0 Å². The standard InChI is InChI=1S/C13H15BrINO2/c1-13(2)8-16(5-6-18-13)12(17)10-7-9(15)3-4-11(10)14/h3-4,7H,5-6,8H2,1-2H3. The van der Waals surface area contributed by atoms with Gasteiger partial charge in [0.25, 0.3) is 5.91 Å². The summed E-state index contributed by atoms with van der Waals surface area (Å²) in [6, 6.07) is 5.81. The summed E-state index contributed by atoms with van der Waals surface area (Å²) in [6.45, 7) is 5.90. The van der Waals surface area contributed by atoms with Gasteiger partial charge in [-0.25, -0.2) is 0 Å². The Morgan fingerprint density at radius 3 is 2.89 bits per heavy atom. The van der Waals surface area contributed by atoms with E-state index in [1.54, 1.807) is 0 Å². The van der Waals surface area contributed by atoms with E-state index in [1.165, 1.54) is 0 Å². The molecule has 0 aromatic heterocycles. The first-order chi connectivity index (χ1) is 8.39. The van der Waals surface area contributed by atoms with E-state index in [4.69, 9.17) is 4.74 Å². The third-order valence-electron chi connectivity index (χ3n) is 2.87. The predicted molar refractivity (Wildman–Crippen MR) is 82.8 cm³/mol. The van der Waals surface area contributed by atoms with Gasteiger partial charge in [-0.05, 0) is 70.6 Å². The number of rotatable bonds is 1. The molecule has 3 nitrogen and oxygen atoms in total. The zero-order valence-electron chi connectivity index (χ0n) is 10.4. The van der Waals surface area contributed by atoms with Crippen molar-refractivity contribution in [3.8, 4) is 0 Å². The minimum atomic E-state index is -0.262. The molecule has 0 saturated carbocycles. The fourth-order valence-electron chi connectivity index (χ4n) is 2.02. The van der Waals surface area contributed by atoms with Crippen molar-refractivity contribution in [3.05, 3.63) is 31.8 Å². The van der Waals surface area contributed by atoms with E-state index in [1.807, 2.05) is 36.9 Å². The van der Waals surface area contributed by atoms with Gasteiger partial charge in [0.15, 0.2) is 0 Å². The second-order valence-corrected chi connectivity index (χ2v) is 7.06. The first-order valence-corrected chi connectivity index (χ1v) is 7.64. The molecule has 1 fully saturated rings. The number of benzene rings is 1. The van der Waals surface area contributed by atoms with Gasteiger partial charge in [0.05, 0.1) is 17.8 Å². The zero-order valence-corrected chi connectivity index (χ0v) is 14.1. The minimum absolute atomic E-state index is 0.0665. The van der Waals surface area contributed by atoms with Gasteiger partial charge < -0.3 is 9.64 Å². The number of halogens is 2. The molecule has 0 N–H and O–H groups in total. The molecule has 1 heterocycles. The highest BCUT2D eigenvalue weighted by molar-refractivity contribution is 14.1. The molecule has 1 aliphatic heterocycles. The van der Waals surface area contributed by atoms with E-state index in [-0.39, 0.29) is 11.5 Å². The number of hydrogen-bond acceptors (Lipinski definition) is 2. The Bertz CT molecular complexity index is 476. The van der Waals surface area contributed by atoms with Crippen LogP contribution >= 0.6 is 38.5 Å². The van der Waals surface area contributed by atoms with Gasteiger partial charge in [-0.3, -0.25) is 4.79 Å².